The molecule has 1 aliphatic carbocycles. The van der Waals surface area contributed by atoms with Crippen LogP contribution in [-0.4, -0.2) is 47.0 Å². The summed E-state index contributed by atoms with van der Waals surface area (Å²) in [5.41, 5.74) is -0.916. The van der Waals surface area contributed by atoms with Crippen LogP contribution in [0.15, 0.2) is 42.5 Å². The number of rotatable bonds is 5. The number of hydrogen-bond donors (Lipinski definition) is 0. The van der Waals surface area contributed by atoms with Gasteiger partial charge < -0.3 is 14.4 Å². The van der Waals surface area contributed by atoms with E-state index >= 15 is 0 Å². The number of carbonyl (C=O) groups is 2. The molecule has 148 valence electrons. The third kappa shape index (κ3) is 5.09. The van der Waals surface area contributed by atoms with Gasteiger partial charge in [-0.3, -0.25) is 4.79 Å². The monoisotopic (exact) mass is 436 g/mol. The van der Waals surface area contributed by atoms with Gasteiger partial charge in [-0.15, -0.1) is 0 Å². The highest BCUT2D eigenvalue weighted by Crippen LogP contribution is 2.40. The van der Waals surface area contributed by atoms with E-state index in [0.29, 0.717) is 16.9 Å². The number of alkyl halides is 3. The Morgan fingerprint density at radius 3 is 2.59 bits per heavy atom. The number of nitrogens with zero attached hydrogens (tertiary/aromatic N) is 1. The molecular formula is C19H22Cl3NO4. The molecule has 27 heavy (non-hydrogen) atoms. The molecule has 0 heterocycles. The van der Waals surface area contributed by atoms with E-state index in [1.165, 1.54) is 6.08 Å². The molecule has 0 bridgehead atoms. The molecule has 0 saturated carbocycles. The first-order valence-corrected chi connectivity index (χ1v) is 9.49. The van der Waals surface area contributed by atoms with E-state index < -0.39 is 40.9 Å². The maximum Gasteiger partial charge on any atom is 0.410 e. The van der Waals surface area contributed by atoms with Gasteiger partial charge in [-0.1, -0.05) is 77.3 Å². The van der Waals surface area contributed by atoms with Crippen LogP contribution in [0.3, 0.4) is 0 Å². The molecule has 0 aliphatic heterocycles. The fraction of sp³-hybridized carbons (Fsp3) is 0.474. The first kappa shape index (κ1) is 17.7. The van der Waals surface area contributed by atoms with E-state index in [2.05, 4.69) is 0 Å². The van der Waals surface area contributed by atoms with Crippen molar-refractivity contribution in [2.75, 3.05) is 20.2 Å². The van der Waals surface area contributed by atoms with E-state index in [4.69, 9.17) is 48.4 Å². The number of benzene rings is 1. The quantitative estimate of drug-likeness (QED) is 0.382. The van der Waals surface area contributed by atoms with E-state index in [0.717, 1.165) is 0 Å². The minimum Gasteiger partial charge on any atom is -0.465 e. The zero-order valence-corrected chi connectivity index (χ0v) is 16.9. The average Bonchev–Trinajstić information content (AvgIpc) is 2.66. The van der Waals surface area contributed by atoms with Crippen molar-refractivity contribution in [2.45, 2.75) is 35.0 Å². The van der Waals surface area contributed by atoms with Crippen LogP contribution in [0.4, 0.5) is 4.79 Å². The van der Waals surface area contributed by atoms with Crippen LogP contribution < -0.4 is 0 Å². The summed E-state index contributed by atoms with van der Waals surface area (Å²) in [6, 6.07) is 7.43. The number of amides is 1. The lowest BCUT2D eigenvalue weighted by Gasteiger charge is -2.43. The number of hydrogen-bond acceptors (Lipinski definition) is 4. The zero-order valence-electron chi connectivity index (χ0n) is 17.7. The fourth-order valence-corrected chi connectivity index (χ4v) is 3.30. The van der Waals surface area contributed by atoms with Crippen molar-refractivity contribution in [3.8, 4) is 0 Å². The highest BCUT2D eigenvalue weighted by Gasteiger charge is 2.51. The summed E-state index contributed by atoms with van der Waals surface area (Å²) >= 11 is 16.9. The second-order valence-electron chi connectivity index (χ2n) is 6.01. The van der Waals surface area contributed by atoms with Crippen LogP contribution in [0.1, 0.15) is 29.4 Å². The van der Waals surface area contributed by atoms with Gasteiger partial charge in [-0.05, 0) is 25.3 Å². The summed E-state index contributed by atoms with van der Waals surface area (Å²) in [5.74, 6) is -0.631. The van der Waals surface area contributed by atoms with E-state index in [1.807, 2.05) is 0 Å². The van der Waals surface area contributed by atoms with Crippen molar-refractivity contribution in [1.82, 2.24) is 4.90 Å². The average molecular weight is 438 g/mol. The first-order chi connectivity index (χ1) is 13.9. The topological polar surface area (TPSA) is 55.8 Å². The van der Waals surface area contributed by atoms with Crippen LogP contribution in [-0.2, 0) is 19.7 Å². The lowest BCUT2D eigenvalue weighted by molar-refractivity contribution is -0.152. The van der Waals surface area contributed by atoms with E-state index in [9.17, 15) is 9.59 Å². The molecular weight excluding hydrogens is 413 g/mol. The smallest absolute Gasteiger partial charge is 0.410 e. The van der Waals surface area contributed by atoms with Crippen molar-refractivity contribution in [2.24, 2.45) is 0 Å². The van der Waals surface area contributed by atoms with Crippen molar-refractivity contribution < 1.29 is 23.2 Å². The molecule has 5 nitrogen and oxygen atoms in total. The van der Waals surface area contributed by atoms with Crippen LogP contribution in [0.25, 0.3) is 0 Å². The molecule has 0 spiro atoms. The number of halogens is 3. The molecule has 8 heteroatoms. The maximum atomic E-state index is 13.2. The predicted molar refractivity (Wildman–Crippen MR) is 106 cm³/mol. The van der Waals surface area contributed by atoms with Crippen LogP contribution >= 0.6 is 34.8 Å². The van der Waals surface area contributed by atoms with Crippen LogP contribution in [0.2, 0.25) is 0 Å². The molecule has 1 aromatic carbocycles. The van der Waals surface area contributed by atoms with Gasteiger partial charge >= 0.3 is 12.1 Å². The molecule has 0 radical (unpaired) electrons. The molecule has 1 aromatic rings. The van der Waals surface area contributed by atoms with E-state index in [-0.39, 0.29) is 13.0 Å². The summed E-state index contributed by atoms with van der Waals surface area (Å²) in [6.07, 6.45) is 2.72. The Bertz CT molecular complexity index is 783. The van der Waals surface area contributed by atoms with Crippen molar-refractivity contribution in [1.29, 1.82) is 0 Å². The van der Waals surface area contributed by atoms with E-state index in [1.54, 1.807) is 43.3 Å². The molecule has 0 unspecified atom stereocenters. The van der Waals surface area contributed by atoms with Gasteiger partial charge in [0.05, 0.1) is 12.6 Å². The highest BCUT2D eigenvalue weighted by molar-refractivity contribution is 6.67. The molecule has 2 rings (SSSR count). The Labute approximate surface area is 178 Å². The Morgan fingerprint density at radius 2 is 2.00 bits per heavy atom. The van der Waals surface area contributed by atoms with Gasteiger partial charge in [-0.2, -0.15) is 0 Å². The van der Waals surface area contributed by atoms with Gasteiger partial charge in [0.1, 0.15) is 12.0 Å². The van der Waals surface area contributed by atoms with Gasteiger partial charge in [0.25, 0.3) is 0 Å². The zero-order chi connectivity index (χ0) is 22.6. The second-order valence-corrected chi connectivity index (χ2v) is 8.53. The molecule has 0 saturated heterocycles. The predicted octanol–water partition coefficient (Wildman–Crippen LogP) is 4.64. The Kier molecular flexibility index (Phi) is 6.00. The molecule has 0 fully saturated rings. The first-order valence-electron chi connectivity index (χ1n) is 9.85. The normalized spacial score (nSPS) is 24.3. The lowest BCUT2D eigenvalue weighted by atomic mass is 9.68. The number of esters is 1. The van der Waals surface area contributed by atoms with Crippen molar-refractivity contribution in [3.05, 3.63) is 48.0 Å². The molecule has 0 N–H and O–H groups in total. The maximum absolute atomic E-state index is 13.2. The number of allylic oxidation sites excluding steroid dienone is 1. The fourth-order valence-electron chi connectivity index (χ4n) is 3.13. The highest BCUT2D eigenvalue weighted by atomic mass is 35.6. The minimum absolute atomic E-state index is 0.0926. The number of carbonyl (C=O) groups excluding carboxylic acids is 2. The Morgan fingerprint density at radius 1 is 1.30 bits per heavy atom. The molecule has 1 amide bonds. The summed E-state index contributed by atoms with van der Waals surface area (Å²) in [7, 11) is 0. The van der Waals surface area contributed by atoms with Gasteiger partial charge in [-0.25, -0.2) is 4.79 Å². The largest absolute Gasteiger partial charge is 0.465 e. The molecule has 0 aromatic heterocycles. The summed E-state index contributed by atoms with van der Waals surface area (Å²) in [6.45, 7) is -1.85. The lowest BCUT2D eigenvalue weighted by Crippen LogP contribution is -2.56. The van der Waals surface area contributed by atoms with Gasteiger partial charge in [0, 0.05) is 11.1 Å². The van der Waals surface area contributed by atoms with Crippen LogP contribution in [0.5, 0.6) is 0 Å². The standard InChI is InChI=1S/C19H22Cl3NO4/c1-3-26-16(24)18(14-9-5-4-6-10-14)12-8-7-11-15(18)23(2)17(25)27-13-19(20,21)22/h4-7,9-11,15H,3,8,12-13H2,1-2H3/t15-,18-/m1/s1/i2D3. The molecule has 2 atom stereocenters. The summed E-state index contributed by atoms with van der Waals surface area (Å²) in [4.78, 5) is 26.6. The van der Waals surface area contributed by atoms with Crippen molar-refractivity contribution >= 4 is 46.9 Å². The number of likely N-dealkylation sites (N-methyl/N-ethyl adjacent to an activating group) is 1. The second kappa shape index (κ2) is 9.18. The van der Waals surface area contributed by atoms with Crippen molar-refractivity contribution in [3.63, 3.8) is 0 Å². The van der Waals surface area contributed by atoms with Gasteiger partial charge in [0.15, 0.2) is 0 Å². The summed E-state index contributed by atoms with van der Waals surface area (Å²) < 4.78 is 32.2. The minimum atomic E-state index is -2.94. The third-order valence-corrected chi connectivity index (χ3v) is 4.62. The number of ether oxygens (including phenoxy) is 2. The summed E-state index contributed by atoms with van der Waals surface area (Å²) in [5, 5.41) is 0. The Balaban J connectivity index is 2.60. The molecule has 1 aliphatic rings. The Hall–Kier alpha value is -1.43. The van der Waals surface area contributed by atoms with Gasteiger partial charge in [0.2, 0.25) is 3.79 Å². The van der Waals surface area contributed by atoms with Crippen LogP contribution in [0, 0.1) is 0 Å². The SMILES string of the molecule is [2H]C([2H])([2H])N(C(=O)OCC(Cl)(Cl)Cl)[C@@H]1C=CCC[C@@]1(C(=O)OCC)c1ccccc1. The third-order valence-electron chi connectivity index (χ3n) is 4.29.